The number of hydrogen-bond acceptors (Lipinski definition) is 5. The topological polar surface area (TPSA) is 55.0 Å². The first kappa shape index (κ1) is 10.9. The Morgan fingerprint density at radius 2 is 2.35 bits per heavy atom. The van der Waals surface area contributed by atoms with E-state index in [1.54, 1.807) is 17.7 Å². The third kappa shape index (κ3) is 1.89. The molecule has 2 aromatic rings. The van der Waals surface area contributed by atoms with Crippen molar-refractivity contribution in [2.45, 2.75) is 19.4 Å². The molecule has 4 nitrogen and oxygen atoms in total. The maximum absolute atomic E-state index is 6.05. The number of nitrogens with zero attached hydrogens (tertiary/aromatic N) is 3. The Morgan fingerprint density at radius 1 is 1.47 bits per heavy atom. The van der Waals surface area contributed by atoms with Gasteiger partial charge in [0.25, 0.3) is 0 Å². The van der Waals surface area contributed by atoms with Gasteiger partial charge in [-0.05, 0) is 23.8 Å². The SMILES string of the molecule is CC1CN(c2ncnc3ccsc23)CCC1N. The molecule has 2 aromatic heterocycles. The quantitative estimate of drug-likeness (QED) is 0.837. The summed E-state index contributed by atoms with van der Waals surface area (Å²) in [5, 5.41) is 2.07. The molecule has 0 saturated carbocycles. The number of nitrogens with two attached hydrogens (primary N) is 1. The maximum Gasteiger partial charge on any atom is 0.150 e. The lowest BCUT2D eigenvalue weighted by Gasteiger charge is -2.35. The molecule has 17 heavy (non-hydrogen) atoms. The molecule has 0 bridgehead atoms. The number of rotatable bonds is 1. The lowest BCUT2D eigenvalue weighted by Crippen LogP contribution is -2.46. The highest BCUT2D eigenvalue weighted by atomic mass is 32.1. The van der Waals surface area contributed by atoms with Gasteiger partial charge in [-0.1, -0.05) is 6.92 Å². The standard InChI is InChI=1S/C12H16N4S/c1-8-6-16(4-2-9(8)13)12-11-10(3-5-17-11)14-7-15-12/h3,5,7-9H,2,4,6,13H2,1H3. The Kier molecular flexibility index (Phi) is 2.72. The van der Waals surface area contributed by atoms with Gasteiger partial charge in [0.15, 0.2) is 0 Å². The van der Waals surface area contributed by atoms with Gasteiger partial charge in [0.05, 0.1) is 10.2 Å². The maximum atomic E-state index is 6.05. The number of hydrogen-bond donors (Lipinski definition) is 1. The van der Waals surface area contributed by atoms with Crippen molar-refractivity contribution < 1.29 is 0 Å². The monoisotopic (exact) mass is 248 g/mol. The van der Waals surface area contributed by atoms with Crippen molar-refractivity contribution in [1.29, 1.82) is 0 Å². The lowest BCUT2D eigenvalue weighted by molar-refractivity contribution is 0.382. The molecular formula is C12H16N4S. The van der Waals surface area contributed by atoms with Crippen LogP contribution in [0.3, 0.4) is 0 Å². The minimum absolute atomic E-state index is 0.326. The first-order chi connectivity index (χ1) is 8.25. The molecule has 0 aliphatic carbocycles. The number of aromatic nitrogens is 2. The van der Waals surface area contributed by atoms with E-state index in [-0.39, 0.29) is 0 Å². The predicted molar refractivity (Wildman–Crippen MR) is 71.4 cm³/mol. The van der Waals surface area contributed by atoms with Gasteiger partial charge in [-0.25, -0.2) is 9.97 Å². The highest BCUT2D eigenvalue weighted by molar-refractivity contribution is 7.17. The summed E-state index contributed by atoms with van der Waals surface area (Å²) in [4.78, 5) is 11.1. The first-order valence-electron chi connectivity index (χ1n) is 5.94. The van der Waals surface area contributed by atoms with Crippen LogP contribution in [0.4, 0.5) is 5.82 Å². The van der Waals surface area contributed by atoms with Crippen LogP contribution in [0.25, 0.3) is 10.2 Å². The fourth-order valence-electron chi connectivity index (χ4n) is 2.36. The summed E-state index contributed by atoms with van der Waals surface area (Å²) in [6.07, 6.45) is 2.70. The second-order valence-electron chi connectivity index (χ2n) is 4.71. The molecule has 0 amide bonds. The van der Waals surface area contributed by atoms with Gasteiger partial charge in [0, 0.05) is 19.1 Å². The molecule has 3 heterocycles. The number of thiophene rings is 1. The van der Waals surface area contributed by atoms with Crippen LogP contribution in [0.5, 0.6) is 0 Å². The number of piperidine rings is 1. The zero-order valence-corrected chi connectivity index (χ0v) is 10.7. The van der Waals surface area contributed by atoms with Crippen LogP contribution in [0.15, 0.2) is 17.8 Å². The van der Waals surface area contributed by atoms with Crippen LogP contribution in [0.2, 0.25) is 0 Å². The Morgan fingerprint density at radius 3 is 3.18 bits per heavy atom. The summed E-state index contributed by atoms with van der Waals surface area (Å²) in [6.45, 7) is 4.20. The average molecular weight is 248 g/mol. The van der Waals surface area contributed by atoms with E-state index in [0.29, 0.717) is 12.0 Å². The smallest absolute Gasteiger partial charge is 0.150 e. The van der Waals surface area contributed by atoms with Crippen molar-refractivity contribution in [2.24, 2.45) is 11.7 Å². The minimum Gasteiger partial charge on any atom is -0.355 e. The zero-order valence-electron chi connectivity index (χ0n) is 9.84. The molecule has 1 saturated heterocycles. The van der Waals surface area contributed by atoms with Gasteiger partial charge >= 0.3 is 0 Å². The van der Waals surface area contributed by atoms with E-state index in [4.69, 9.17) is 5.73 Å². The number of fused-ring (bicyclic) bond motifs is 1. The second-order valence-corrected chi connectivity index (χ2v) is 5.62. The fraction of sp³-hybridized carbons (Fsp3) is 0.500. The molecule has 2 unspecified atom stereocenters. The third-order valence-corrected chi connectivity index (χ3v) is 4.40. The van der Waals surface area contributed by atoms with Crippen molar-refractivity contribution in [1.82, 2.24) is 9.97 Å². The summed E-state index contributed by atoms with van der Waals surface area (Å²) in [5.41, 5.74) is 7.10. The third-order valence-electron chi connectivity index (χ3n) is 3.50. The summed E-state index contributed by atoms with van der Waals surface area (Å²) in [7, 11) is 0. The van der Waals surface area contributed by atoms with Crippen LogP contribution in [0.1, 0.15) is 13.3 Å². The van der Waals surface area contributed by atoms with E-state index < -0.39 is 0 Å². The largest absolute Gasteiger partial charge is 0.355 e. The number of anilines is 1. The van der Waals surface area contributed by atoms with Crippen molar-refractivity contribution in [3.05, 3.63) is 17.8 Å². The molecule has 2 N–H and O–H groups in total. The molecule has 0 spiro atoms. The van der Waals surface area contributed by atoms with Crippen molar-refractivity contribution >= 4 is 27.4 Å². The molecule has 1 aliphatic rings. The minimum atomic E-state index is 0.326. The summed E-state index contributed by atoms with van der Waals surface area (Å²) >= 11 is 1.71. The molecule has 0 aromatic carbocycles. The molecule has 1 fully saturated rings. The van der Waals surface area contributed by atoms with Gasteiger partial charge in [-0.15, -0.1) is 11.3 Å². The van der Waals surface area contributed by atoms with Crippen molar-refractivity contribution in [3.8, 4) is 0 Å². The molecule has 90 valence electrons. The van der Waals surface area contributed by atoms with E-state index in [1.165, 1.54) is 4.70 Å². The molecule has 5 heteroatoms. The summed E-state index contributed by atoms with van der Waals surface area (Å²) in [6, 6.07) is 2.37. The van der Waals surface area contributed by atoms with E-state index in [1.807, 2.05) is 6.07 Å². The van der Waals surface area contributed by atoms with Crippen molar-refractivity contribution in [3.63, 3.8) is 0 Å². The van der Waals surface area contributed by atoms with E-state index >= 15 is 0 Å². The Balaban J connectivity index is 1.96. The van der Waals surface area contributed by atoms with Crippen LogP contribution >= 0.6 is 11.3 Å². The van der Waals surface area contributed by atoms with E-state index in [9.17, 15) is 0 Å². The van der Waals surface area contributed by atoms with Gasteiger partial charge in [0.1, 0.15) is 12.1 Å². The highest BCUT2D eigenvalue weighted by Crippen LogP contribution is 2.30. The Labute approximate surface area is 104 Å². The molecule has 0 radical (unpaired) electrons. The van der Waals surface area contributed by atoms with E-state index in [2.05, 4.69) is 27.2 Å². The van der Waals surface area contributed by atoms with Crippen molar-refractivity contribution in [2.75, 3.05) is 18.0 Å². The summed E-state index contributed by atoms with van der Waals surface area (Å²) in [5.74, 6) is 1.59. The Bertz CT molecular complexity index is 524. The highest BCUT2D eigenvalue weighted by Gasteiger charge is 2.25. The molecular weight excluding hydrogens is 232 g/mol. The summed E-state index contributed by atoms with van der Waals surface area (Å²) < 4.78 is 1.19. The fourth-order valence-corrected chi connectivity index (χ4v) is 3.22. The second kappa shape index (κ2) is 4.23. The van der Waals surface area contributed by atoms with Crippen LogP contribution in [0, 0.1) is 5.92 Å². The predicted octanol–water partition coefficient (Wildman–Crippen LogP) is 1.86. The normalized spacial score (nSPS) is 25.4. The zero-order chi connectivity index (χ0) is 11.8. The van der Waals surface area contributed by atoms with Gasteiger partial charge in [0.2, 0.25) is 0 Å². The molecule has 3 rings (SSSR count). The molecule has 2 atom stereocenters. The van der Waals surface area contributed by atoms with Gasteiger partial charge < -0.3 is 10.6 Å². The van der Waals surface area contributed by atoms with Crippen LogP contribution in [-0.2, 0) is 0 Å². The van der Waals surface area contributed by atoms with Gasteiger partial charge in [-0.2, -0.15) is 0 Å². The van der Waals surface area contributed by atoms with Crippen LogP contribution < -0.4 is 10.6 Å². The van der Waals surface area contributed by atoms with E-state index in [0.717, 1.165) is 30.8 Å². The van der Waals surface area contributed by atoms with Crippen LogP contribution in [-0.4, -0.2) is 29.1 Å². The first-order valence-corrected chi connectivity index (χ1v) is 6.82. The molecule has 1 aliphatic heterocycles. The lowest BCUT2D eigenvalue weighted by atomic mass is 9.95. The average Bonchev–Trinajstić information content (AvgIpc) is 2.80. The Hall–Kier alpha value is -1.20. The van der Waals surface area contributed by atoms with Gasteiger partial charge in [-0.3, -0.25) is 0 Å².